The SMILES string of the molecule is COc1ccc(S(=O)(=O)N2CCN(CC(=O)c3cc(C)n(-c4ccc(F)cc4)c3C)CC2)cc1C. The number of carbonyl (C=O) groups excluding carboxylic acids is 1. The van der Waals surface area contributed by atoms with Crippen molar-refractivity contribution in [2.45, 2.75) is 25.7 Å². The Kier molecular flexibility index (Phi) is 7.12. The van der Waals surface area contributed by atoms with Gasteiger partial charge in [0.05, 0.1) is 18.6 Å². The number of halogens is 1. The fraction of sp³-hybridized carbons (Fsp3) is 0.346. The maximum Gasteiger partial charge on any atom is 0.243 e. The van der Waals surface area contributed by atoms with Gasteiger partial charge in [0.25, 0.3) is 0 Å². The highest BCUT2D eigenvalue weighted by molar-refractivity contribution is 7.89. The van der Waals surface area contributed by atoms with Crippen LogP contribution in [0.25, 0.3) is 5.69 Å². The summed E-state index contributed by atoms with van der Waals surface area (Å²) in [5.41, 5.74) is 3.87. The minimum absolute atomic E-state index is 0.0199. The molecule has 0 amide bonds. The smallest absolute Gasteiger partial charge is 0.243 e. The summed E-state index contributed by atoms with van der Waals surface area (Å²) < 4.78 is 48.2. The van der Waals surface area contributed by atoms with E-state index in [4.69, 9.17) is 4.74 Å². The first-order valence-corrected chi connectivity index (χ1v) is 12.9. The van der Waals surface area contributed by atoms with E-state index < -0.39 is 10.0 Å². The molecule has 0 bridgehead atoms. The molecule has 1 fully saturated rings. The summed E-state index contributed by atoms with van der Waals surface area (Å²) in [5.74, 6) is 0.315. The molecular weight excluding hydrogens is 469 g/mol. The molecular formula is C26H30FN3O4S. The molecule has 0 spiro atoms. The first-order valence-electron chi connectivity index (χ1n) is 11.5. The molecule has 2 aromatic carbocycles. The van der Waals surface area contributed by atoms with Gasteiger partial charge in [-0.15, -0.1) is 0 Å². The lowest BCUT2D eigenvalue weighted by atomic mass is 10.1. The minimum Gasteiger partial charge on any atom is -0.496 e. The van der Waals surface area contributed by atoms with Crippen LogP contribution in [0.4, 0.5) is 4.39 Å². The summed E-state index contributed by atoms with van der Waals surface area (Å²) >= 11 is 0. The van der Waals surface area contributed by atoms with Crippen LogP contribution in [0, 0.1) is 26.6 Å². The fourth-order valence-electron chi connectivity index (χ4n) is 4.61. The quantitative estimate of drug-likeness (QED) is 0.463. The second-order valence-electron chi connectivity index (χ2n) is 8.83. The molecule has 1 saturated heterocycles. The number of rotatable bonds is 7. The molecule has 2 heterocycles. The van der Waals surface area contributed by atoms with Crippen LogP contribution in [0.3, 0.4) is 0 Å². The van der Waals surface area contributed by atoms with Crippen molar-refractivity contribution in [3.05, 3.63) is 76.9 Å². The Hall–Kier alpha value is -3.01. The summed E-state index contributed by atoms with van der Waals surface area (Å²) in [6.45, 7) is 7.39. The molecule has 4 rings (SSSR count). The van der Waals surface area contributed by atoms with Gasteiger partial charge in [-0.3, -0.25) is 9.69 Å². The van der Waals surface area contributed by atoms with Gasteiger partial charge in [0, 0.05) is 48.8 Å². The molecule has 1 aliphatic rings. The van der Waals surface area contributed by atoms with E-state index in [0.29, 0.717) is 37.5 Å². The molecule has 0 unspecified atom stereocenters. The fourth-order valence-corrected chi connectivity index (χ4v) is 6.12. The number of piperazine rings is 1. The van der Waals surface area contributed by atoms with Gasteiger partial charge in [-0.2, -0.15) is 4.31 Å². The summed E-state index contributed by atoms with van der Waals surface area (Å²) in [4.78, 5) is 15.4. The van der Waals surface area contributed by atoms with E-state index >= 15 is 0 Å². The Bertz CT molecular complexity index is 1340. The molecule has 0 saturated carbocycles. The topological polar surface area (TPSA) is 71.9 Å². The van der Waals surface area contributed by atoms with E-state index in [2.05, 4.69) is 0 Å². The molecule has 0 atom stereocenters. The molecule has 0 N–H and O–H groups in total. The third-order valence-corrected chi connectivity index (χ3v) is 8.41. The average molecular weight is 500 g/mol. The molecule has 0 radical (unpaired) electrons. The lowest BCUT2D eigenvalue weighted by molar-refractivity contribution is 0.0901. The monoisotopic (exact) mass is 499 g/mol. The Balaban J connectivity index is 1.42. The van der Waals surface area contributed by atoms with Gasteiger partial charge >= 0.3 is 0 Å². The predicted octanol–water partition coefficient (Wildman–Crippen LogP) is 3.74. The molecule has 9 heteroatoms. The van der Waals surface area contributed by atoms with Crippen molar-refractivity contribution in [3.8, 4) is 11.4 Å². The van der Waals surface area contributed by atoms with Gasteiger partial charge in [-0.05, 0) is 74.9 Å². The highest BCUT2D eigenvalue weighted by atomic mass is 32.2. The molecule has 186 valence electrons. The standard InChI is InChI=1S/C26H30FN3O4S/c1-18-15-23(9-10-26(18)34-4)35(32,33)29-13-11-28(12-14-29)17-25(31)24-16-19(2)30(20(24)3)22-7-5-21(27)6-8-22/h5-10,15-16H,11-14,17H2,1-4H3. The molecule has 1 aromatic heterocycles. The number of carbonyl (C=O) groups is 1. The van der Waals surface area contributed by atoms with Crippen LogP contribution >= 0.6 is 0 Å². The van der Waals surface area contributed by atoms with Crippen molar-refractivity contribution in [3.63, 3.8) is 0 Å². The van der Waals surface area contributed by atoms with Crippen LogP contribution in [0.2, 0.25) is 0 Å². The summed E-state index contributed by atoms with van der Waals surface area (Å²) in [7, 11) is -2.07. The van der Waals surface area contributed by atoms with Gasteiger partial charge in [-0.1, -0.05) is 0 Å². The largest absolute Gasteiger partial charge is 0.496 e. The highest BCUT2D eigenvalue weighted by Crippen LogP contribution is 2.25. The number of aromatic nitrogens is 1. The van der Waals surface area contributed by atoms with Gasteiger partial charge in [0.15, 0.2) is 5.78 Å². The highest BCUT2D eigenvalue weighted by Gasteiger charge is 2.30. The van der Waals surface area contributed by atoms with E-state index in [1.807, 2.05) is 36.3 Å². The number of aryl methyl sites for hydroxylation is 2. The first kappa shape index (κ1) is 25.1. The average Bonchev–Trinajstić information content (AvgIpc) is 3.14. The van der Waals surface area contributed by atoms with E-state index in [1.54, 1.807) is 37.4 Å². The molecule has 1 aliphatic heterocycles. The Morgan fingerprint density at radius 1 is 0.971 bits per heavy atom. The first-order chi connectivity index (χ1) is 16.6. The van der Waals surface area contributed by atoms with Crippen molar-refractivity contribution in [2.75, 3.05) is 39.8 Å². The van der Waals surface area contributed by atoms with Gasteiger partial charge in [-0.25, -0.2) is 12.8 Å². The van der Waals surface area contributed by atoms with Crippen LogP contribution in [0.1, 0.15) is 27.3 Å². The predicted molar refractivity (Wildman–Crippen MR) is 132 cm³/mol. The molecule has 3 aromatic rings. The number of methoxy groups -OCH3 is 1. The zero-order chi connectivity index (χ0) is 25.3. The third-order valence-electron chi connectivity index (χ3n) is 6.52. The minimum atomic E-state index is -3.62. The number of ketones is 1. The number of Topliss-reactive ketones (excluding diaryl/α,β-unsaturated/α-hetero) is 1. The zero-order valence-corrected chi connectivity index (χ0v) is 21.2. The summed E-state index contributed by atoms with van der Waals surface area (Å²) in [6, 6.07) is 12.9. The maximum atomic E-state index is 13.3. The lowest BCUT2D eigenvalue weighted by Crippen LogP contribution is -2.49. The van der Waals surface area contributed by atoms with Crippen molar-refractivity contribution in [1.82, 2.24) is 13.8 Å². The lowest BCUT2D eigenvalue weighted by Gasteiger charge is -2.33. The van der Waals surface area contributed by atoms with Crippen LogP contribution in [0.5, 0.6) is 5.75 Å². The number of sulfonamides is 1. The second-order valence-corrected chi connectivity index (χ2v) is 10.8. The Labute approximate surface area is 205 Å². The normalized spacial score (nSPS) is 15.3. The van der Waals surface area contributed by atoms with Gasteiger partial charge < -0.3 is 9.30 Å². The number of nitrogens with zero attached hydrogens (tertiary/aromatic N) is 3. The van der Waals surface area contributed by atoms with E-state index in [9.17, 15) is 17.6 Å². The van der Waals surface area contributed by atoms with Crippen LogP contribution in [0.15, 0.2) is 53.4 Å². The van der Waals surface area contributed by atoms with Crippen molar-refractivity contribution >= 4 is 15.8 Å². The maximum absolute atomic E-state index is 13.3. The number of benzene rings is 2. The van der Waals surface area contributed by atoms with Crippen LogP contribution < -0.4 is 4.74 Å². The summed E-state index contributed by atoms with van der Waals surface area (Å²) in [5, 5.41) is 0. The van der Waals surface area contributed by atoms with E-state index in [0.717, 1.165) is 22.6 Å². The number of hydrogen-bond donors (Lipinski definition) is 0. The Morgan fingerprint density at radius 3 is 2.23 bits per heavy atom. The third kappa shape index (κ3) is 5.03. The van der Waals surface area contributed by atoms with E-state index in [-0.39, 0.29) is 23.0 Å². The zero-order valence-electron chi connectivity index (χ0n) is 20.4. The number of hydrogen-bond acceptors (Lipinski definition) is 5. The van der Waals surface area contributed by atoms with Crippen molar-refractivity contribution in [1.29, 1.82) is 0 Å². The summed E-state index contributed by atoms with van der Waals surface area (Å²) in [6.07, 6.45) is 0. The van der Waals surface area contributed by atoms with Crippen molar-refractivity contribution < 1.29 is 22.3 Å². The van der Waals surface area contributed by atoms with E-state index in [1.165, 1.54) is 16.4 Å². The second kappa shape index (κ2) is 9.93. The van der Waals surface area contributed by atoms with Crippen LogP contribution in [-0.4, -0.2) is 67.8 Å². The molecule has 7 nitrogen and oxygen atoms in total. The molecule has 0 aliphatic carbocycles. The van der Waals surface area contributed by atoms with Gasteiger partial charge in [0.1, 0.15) is 11.6 Å². The molecule has 35 heavy (non-hydrogen) atoms. The van der Waals surface area contributed by atoms with Crippen molar-refractivity contribution in [2.24, 2.45) is 0 Å². The van der Waals surface area contributed by atoms with Gasteiger partial charge in [0.2, 0.25) is 10.0 Å². The van der Waals surface area contributed by atoms with Crippen LogP contribution in [-0.2, 0) is 10.0 Å². The Morgan fingerprint density at radius 2 is 1.63 bits per heavy atom. The number of ether oxygens (including phenoxy) is 1.